The molecular weight excluding hydrogens is 294 g/mol. The van der Waals surface area contributed by atoms with Crippen molar-refractivity contribution in [3.8, 4) is 0 Å². The molecule has 1 N–H and O–H groups in total. The fraction of sp³-hybridized carbons (Fsp3) is 0.412. The van der Waals surface area contributed by atoms with Gasteiger partial charge in [-0.05, 0) is 43.4 Å². The van der Waals surface area contributed by atoms with Gasteiger partial charge in [0, 0.05) is 24.2 Å². The van der Waals surface area contributed by atoms with Gasteiger partial charge in [0.15, 0.2) is 5.13 Å². The van der Waals surface area contributed by atoms with Crippen LogP contribution in [0.1, 0.15) is 35.8 Å². The summed E-state index contributed by atoms with van der Waals surface area (Å²) in [7, 11) is 0. The SMILES string of the molecule is Cc1cccc(Nc2nc(C(=O)N3CCC(C)CC3)cs2)c1. The average molecular weight is 315 g/mol. The lowest BCUT2D eigenvalue weighted by Crippen LogP contribution is -2.38. The minimum absolute atomic E-state index is 0.0560. The first-order chi connectivity index (χ1) is 10.6. The van der Waals surface area contributed by atoms with Gasteiger partial charge in [-0.2, -0.15) is 0 Å². The van der Waals surface area contributed by atoms with E-state index in [9.17, 15) is 4.79 Å². The molecule has 4 nitrogen and oxygen atoms in total. The summed E-state index contributed by atoms with van der Waals surface area (Å²) in [5.74, 6) is 0.776. The first-order valence-corrected chi connectivity index (χ1v) is 8.58. The van der Waals surface area contributed by atoms with Crippen molar-refractivity contribution in [3.05, 3.63) is 40.9 Å². The highest BCUT2D eigenvalue weighted by molar-refractivity contribution is 7.14. The molecule has 5 heteroatoms. The quantitative estimate of drug-likeness (QED) is 0.928. The normalized spacial score (nSPS) is 15.8. The summed E-state index contributed by atoms with van der Waals surface area (Å²) in [5, 5.41) is 5.88. The van der Waals surface area contributed by atoms with E-state index in [0.717, 1.165) is 42.7 Å². The predicted octanol–water partition coefficient (Wildman–Crippen LogP) is 4.07. The molecule has 1 aliphatic heterocycles. The van der Waals surface area contributed by atoms with Gasteiger partial charge >= 0.3 is 0 Å². The number of thiazole rings is 1. The summed E-state index contributed by atoms with van der Waals surface area (Å²) in [4.78, 5) is 18.8. The van der Waals surface area contributed by atoms with E-state index in [1.807, 2.05) is 22.4 Å². The second kappa shape index (κ2) is 6.48. The fourth-order valence-corrected chi connectivity index (χ4v) is 3.35. The highest BCUT2D eigenvalue weighted by Crippen LogP contribution is 2.24. The highest BCUT2D eigenvalue weighted by atomic mass is 32.1. The number of hydrogen-bond acceptors (Lipinski definition) is 4. The number of likely N-dealkylation sites (tertiary alicyclic amines) is 1. The third-order valence-corrected chi connectivity index (χ3v) is 4.82. The first kappa shape index (κ1) is 15.0. The van der Waals surface area contributed by atoms with Gasteiger partial charge in [0.1, 0.15) is 5.69 Å². The molecule has 1 aromatic carbocycles. The minimum Gasteiger partial charge on any atom is -0.337 e. The molecular formula is C17H21N3OS. The number of carbonyl (C=O) groups excluding carboxylic acids is 1. The van der Waals surface area contributed by atoms with Gasteiger partial charge in [-0.3, -0.25) is 4.79 Å². The van der Waals surface area contributed by atoms with E-state index < -0.39 is 0 Å². The number of piperidine rings is 1. The molecule has 3 rings (SSSR count). The molecule has 116 valence electrons. The van der Waals surface area contributed by atoms with Crippen molar-refractivity contribution in [3.63, 3.8) is 0 Å². The van der Waals surface area contributed by atoms with Crippen LogP contribution in [0.25, 0.3) is 0 Å². The predicted molar refractivity (Wildman–Crippen MR) is 90.9 cm³/mol. The van der Waals surface area contributed by atoms with Crippen LogP contribution >= 0.6 is 11.3 Å². The number of hydrogen-bond donors (Lipinski definition) is 1. The third-order valence-electron chi connectivity index (χ3n) is 4.06. The summed E-state index contributed by atoms with van der Waals surface area (Å²) in [6, 6.07) is 8.13. The fourth-order valence-electron chi connectivity index (χ4n) is 2.65. The van der Waals surface area contributed by atoms with Crippen molar-refractivity contribution in [1.29, 1.82) is 0 Å². The molecule has 0 saturated carbocycles. The van der Waals surface area contributed by atoms with Gasteiger partial charge in [0.2, 0.25) is 0 Å². The standard InChI is InChI=1S/C17H21N3OS/c1-12-6-8-20(9-7-12)16(21)15-11-22-17(19-15)18-14-5-3-4-13(2)10-14/h3-5,10-12H,6-9H2,1-2H3,(H,18,19). The van der Waals surface area contributed by atoms with Crippen LogP contribution in [0.3, 0.4) is 0 Å². The number of nitrogens with one attached hydrogen (secondary N) is 1. The van der Waals surface area contributed by atoms with Gasteiger partial charge in [0.25, 0.3) is 5.91 Å². The molecule has 1 amide bonds. The molecule has 0 radical (unpaired) electrons. The van der Waals surface area contributed by atoms with Gasteiger partial charge in [-0.1, -0.05) is 19.1 Å². The van der Waals surface area contributed by atoms with E-state index in [1.54, 1.807) is 0 Å². The number of nitrogens with zero attached hydrogens (tertiary/aromatic N) is 2. The number of aryl methyl sites for hydroxylation is 1. The van der Waals surface area contributed by atoms with E-state index in [1.165, 1.54) is 16.9 Å². The molecule has 1 aromatic heterocycles. The minimum atomic E-state index is 0.0560. The van der Waals surface area contributed by atoms with Crippen LogP contribution in [0.4, 0.5) is 10.8 Å². The van der Waals surface area contributed by atoms with E-state index in [0.29, 0.717) is 5.69 Å². The zero-order valence-electron chi connectivity index (χ0n) is 13.0. The van der Waals surface area contributed by atoms with Crippen LogP contribution in [0.2, 0.25) is 0 Å². The largest absolute Gasteiger partial charge is 0.337 e. The number of rotatable bonds is 3. The Morgan fingerprint density at radius 2 is 2.14 bits per heavy atom. The number of anilines is 2. The molecule has 0 aliphatic carbocycles. The molecule has 0 spiro atoms. The Bertz CT molecular complexity index is 659. The van der Waals surface area contributed by atoms with E-state index in [2.05, 4.69) is 36.3 Å². The summed E-state index contributed by atoms with van der Waals surface area (Å²) >= 11 is 1.47. The van der Waals surface area contributed by atoms with Crippen LogP contribution in [0, 0.1) is 12.8 Å². The maximum absolute atomic E-state index is 12.5. The van der Waals surface area contributed by atoms with Crippen molar-refractivity contribution in [2.75, 3.05) is 18.4 Å². The molecule has 0 atom stereocenters. The van der Waals surface area contributed by atoms with Crippen molar-refractivity contribution < 1.29 is 4.79 Å². The van der Waals surface area contributed by atoms with E-state index >= 15 is 0 Å². The Labute approximate surface area is 135 Å². The Kier molecular flexibility index (Phi) is 4.43. The van der Waals surface area contributed by atoms with Crippen LogP contribution < -0.4 is 5.32 Å². The topological polar surface area (TPSA) is 45.2 Å². The summed E-state index contributed by atoms with van der Waals surface area (Å²) in [6.07, 6.45) is 2.18. The van der Waals surface area contributed by atoms with Crippen LogP contribution in [0.15, 0.2) is 29.6 Å². The van der Waals surface area contributed by atoms with Gasteiger partial charge in [-0.25, -0.2) is 4.98 Å². The zero-order chi connectivity index (χ0) is 15.5. The lowest BCUT2D eigenvalue weighted by Gasteiger charge is -2.29. The van der Waals surface area contributed by atoms with Crippen LogP contribution in [-0.4, -0.2) is 28.9 Å². The lowest BCUT2D eigenvalue weighted by molar-refractivity contribution is 0.0692. The first-order valence-electron chi connectivity index (χ1n) is 7.70. The molecule has 2 aromatic rings. The highest BCUT2D eigenvalue weighted by Gasteiger charge is 2.23. The maximum atomic E-state index is 12.5. The molecule has 1 saturated heterocycles. The smallest absolute Gasteiger partial charge is 0.273 e. The van der Waals surface area contributed by atoms with Crippen molar-refractivity contribution in [2.24, 2.45) is 5.92 Å². The Morgan fingerprint density at radius 3 is 2.86 bits per heavy atom. The summed E-state index contributed by atoms with van der Waals surface area (Å²) < 4.78 is 0. The number of amides is 1. The Balaban J connectivity index is 1.67. The van der Waals surface area contributed by atoms with E-state index in [-0.39, 0.29) is 5.91 Å². The van der Waals surface area contributed by atoms with E-state index in [4.69, 9.17) is 0 Å². The maximum Gasteiger partial charge on any atom is 0.273 e. The molecule has 2 heterocycles. The number of aromatic nitrogens is 1. The number of benzene rings is 1. The Hall–Kier alpha value is -1.88. The second-order valence-corrected chi connectivity index (χ2v) is 6.87. The molecule has 1 aliphatic rings. The average Bonchev–Trinajstić information content (AvgIpc) is 2.96. The van der Waals surface area contributed by atoms with Gasteiger partial charge in [-0.15, -0.1) is 11.3 Å². The van der Waals surface area contributed by atoms with Crippen LogP contribution in [-0.2, 0) is 0 Å². The molecule has 0 unspecified atom stereocenters. The lowest BCUT2D eigenvalue weighted by atomic mass is 9.99. The summed E-state index contributed by atoms with van der Waals surface area (Å²) in [5.41, 5.74) is 2.75. The van der Waals surface area contributed by atoms with Gasteiger partial charge < -0.3 is 10.2 Å². The van der Waals surface area contributed by atoms with Crippen molar-refractivity contribution >= 4 is 28.1 Å². The molecule has 1 fully saturated rings. The number of carbonyl (C=O) groups is 1. The zero-order valence-corrected chi connectivity index (χ0v) is 13.8. The summed E-state index contributed by atoms with van der Waals surface area (Å²) in [6.45, 7) is 5.99. The third kappa shape index (κ3) is 3.47. The second-order valence-electron chi connectivity index (χ2n) is 6.01. The molecule has 22 heavy (non-hydrogen) atoms. The molecule has 0 bridgehead atoms. The van der Waals surface area contributed by atoms with Crippen molar-refractivity contribution in [2.45, 2.75) is 26.7 Å². The van der Waals surface area contributed by atoms with Crippen molar-refractivity contribution in [1.82, 2.24) is 9.88 Å². The van der Waals surface area contributed by atoms with Crippen LogP contribution in [0.5, 0.6) is 0 Å². The monoisotopic (exact) mass is 315 g/mol. The van der Waals surface area contributed by atoms with Gasteiger partial charge in [0.05, 0.1) is 0 Å². The Morgan fingerprint density at radius 1 is 1.36 bits per heavy atom.